The number of hydrogen-bond acceptors (Lipinski definition) is 5. The number of aliphatic hydroxyl groups is 1. The van der Waals surface area contributed by atoms with E-state index in [0.717, 1.165) is 30.4 Å². The number of fused-ring (bicyclic) bond motifs is 2. The van der Waals surface area contributed by atoms with Crippen LogP contribution < -0.4 is 0 Å². The molecule has 6 aliphatic carbocycles. The first-order valence-corrected chi connectivity index (χ1v) is 11.6. The van der Waals surface area contributed by atoms with Crippen LogP contribution >= 0.6 is 0 Å². The van der Waals surface area contributed by atoms with Gasteiger partial charge in [0.05, 0.1) is 17.4 Å². The van der Waals surface area contributed by atoms with Crippen molar-refractivity contribution in [3.8, 4) is 0 Å². The second kappa shape index (κ2) is 6.31. The molecule has 1 unspecified atom stereocenters. The van der Waals surface area contributed by atoms with Crippen molar-refractivity contribution in [2.75, 3.05) is 0 Å². The SMILES string of the molecule is C[C@@]1(C(=O)O)[C@H](C(=O)OCc2ccccc2)CC=C2[C@@H]1CC(=O)[C@@]13C[C@H]4CC[C@@]21C3[C@H]4O. The van der Waals surface area contributed by atoms with Crippen molar-refractivity contribution in [3.63, 3.8) is 0 Å². The number of aliphatic carboxylic acids is 1. The molecular weight excluding hydrogens is 408 g/mol. The molecule has 2 N–H and O–H groups in total. The summed E-state index contributed by atoms with van der Waals surface area (Å²) in [6, 6.07) is 9.31. The van der Waals surface area contributed by atoms with Crippen molar-refractivity contribution in [3.05, 3.63) is 47.5 Å². The molecule has 4 bridgehead atoms. The highest BCUT2D eigenvalue weighted by Crippen LogP contribution is 2.89. The highest BCUT2D eigenvalue weighted by atomic mass is 16.5. The van der Waals surface area contributed by atoms with Gasteiger partial charge in [-0.3, -0.25) is 14.4 Å². The molecule has 0 aromatic heterocycles. The molecule has 0 radical (unpaired) electrons. The van der Waals surface area contributed by atoms with Crippen LogP contribution in [0.1, 0.15) is 44.6 Å². The Balaban J connectivity index is 1.35. The summed E-state index contributed by atoms with van der Waals surface area (Å²) in [5, 5.41) is 21.2. The van der Waals surface area contributed by atoms with Crippen LogP contribution in [-0.2, 0) is 25.7 Å². The van der Waals surface area contributed by atoms with Crippen LogP contribution in [0.3, 0.4) is 0 Å². The van der Waals surface area contributed by atoms with Crippen LogP contribution in [-0.4, -0.2) is 34.0 Å². The van der Waals surface area contributed by atoms with Crippen molar-refractivity contribution in [1.29, 1.82) is 0 Å². The molecule has 1 aromatic carbocycles. The molecule has 2 spiro atoms. The van der Waals surface area contributed by atoms with E-state index in [0.29, 0.717) is 6.42 Å². The zero-order valence-corrected chi connectivity index (χ0v) is 18.1. The van der Waals surface area contributed by atoms with E-state index < -0.39 is 46.1 Å². The lowest BCUT2D eigenvalue weighted by molar-refractivity contribution is -0.171. The van der Waals surface area contributed by atoms with E-state index in [1.807, 2.05) is 36.4 Å². The highest BCUT2D eigenvalue weighted by Gasteiger charge is 2.90. The van der Waals surface area contributed by atoms with Crippen molar-refractivity contribution >= 4 is 17.7 Å². The maximum Gasteiger partial charge on any atom is 0.310 e. The van der Waals surface area contributed by atoms with Gasteiger partial charge in [0.1, 0.15) is 12.4 Å². The Kier molecular flexibility index (Phi) is 3.98. The minimum Gasteiger partial charge on any atom is -0.481 e. The summed E-state index contributed by atoms with van der Waals surface area (Å²) in [6.45, 7) is 1.71. The Morgan fingerprint density at radius 2 is 1.94 bits per heavy atom. The third-order valence-electron chi connectivity index (χ3n) is 9.86. The molecule has 168 valence electrons. The van der Waals surface area contributed by atoms with Crippen LogP contribution in [0.25, 0.3) is 0 Å². The van der Waals surface area contributed by atoms with Crippen molar-refractivity contribution < 1.29 is 29.3 Å². The van der Waals surface area contributed by atoms with E-state index in [-0.39, 0.29) is 30.6 Å². The smallest absolute Gasteiger partial charge is 0.310 e. The number of ketones is 1. The number of ether oxygens (including phenoxy) is 1. The van der Waals surface area contributed by atoms with Gasteiger partial charge in [-0.15, -0.1) is 0 Å². The molecule has 5 fully saturated rings. The number of carbonyl (C=O) groups is 3. The maximum absolute atomic E-state index is 13.5. The molecule has 0 saturated heterocycles. The lowest BCUT2D eigenvalue weighted by Gasteiger charge is -2.51. The summed E-state index contributed by atoms with van der Waals surface area (Å²) >= 11 is 0. The summed E-state index contributed by atoms with van der Waals surface area (Å²) < 4.78 is 5.55. The van der Waals surface area contributed by atoms with E-state index in [4.69, 9.17) is 4.74 Å². The molecule has 6 aliphatic rings. The zero-order chi connectivity index (χ0) is 22.5. The first-order chi connectivity index (χ1) is 15.3. The van der Waals surface area contributed by atoms with Crippen LogP contribution in [0.5, 0.6) is 0 Å². The molecule has 32 heavy (non-hydrogen) atoms. The molecular formula is C26H28O6. The summed E-state index contributed by atoms with van der Waals surface area (Å²) in [4.78, 5) is 39.2. The number of allylic oxidation sites excluding steroid dienone is 2. The number of esters is 1. The fourth-order valence-corrected chi connectivity index (χ4v) is 8.36. The predicted octanol–water partition coefficient (Wildman–Crippen LogP) is 3.13. The lowest BCUT2D eigenvalue weighted by atomic mass is 9.50. The number of Topliss-reactive ketones (excluding diaryl/α,β-unsaturated/α-hetero) is 1. The van der Waals surface area contributed by atoms with Gasteiger partial charge in [0.2, 0.25) is 0 Å². The molecule has 1 aromatic rings. The average molecular weight is 437 g/mol. The van der Waals surface area contributed by atoms with Gasteiger partial charge in [0, 0.05) is 29.1 Å². The van der Waals surface area contributed by atoms with E-state index >= 15 is 0 Å². The first-order valence-electron chi connectivity index (χ1n) is 11.6. The minimum absolute atomic E-state index is 0.0721. The van der Waals surface area contributed by atoms with Crippen LogP contribution in [0.15, 0.2) is 42.0 Å². The largest absolute Gasteiger partial charge is 0.481 e. The first kappa shape index (κ1) is 20.2. The summed E-state index contributed by atoms with van der Waals surface area (Å²) in [5.74, 6) is -2.76. The fourth-order valence-electron chi connectivity index (χ4n) is 8.36. The van der Waals surface area contributed by atoms with E-state index in [2.05, 4.69) is 0 Å². The Labute approximate surface area is 186 Å². The molecule has 0 aliphatic heterocycles. The van der Waals surface area contributed by atoms with Gasteiger partial charge in [-0.25, -0.2) is 0 Å². The molecule has 7 rings (SSSR count). The highest BCUT2D eigenvalue weighted by molar-refractivity contribution is 5.96. The second-order valence-electron chi connectivity index (χ2n) is 10.7. The van der Waals surface area contributed by atoms with Gasteiger partial charge in [-0.05, 0) is 44.1 Å². The number of aliphatic hydroxyl groups excluding tert-OH is 1. The van der Waals surface area contributed by atoms with E-state index in [1.165, 1.54) is 0 Å². The molecule has 8 atom stereocenters. The van der Waals surface area contributed by atoms with Crippen molar-refractivity contribution in [2.24, 2.45) is 39.9 Å². The number of carboxylic acids is 1. The quantitative estimate of drug-likeness (QED) is 0.556. The molecule has 0 amide bonds. The number of carbonyl (C=O) groups excluding carboxylic acids is 2. The number of carboxylic acid groups (broad SMARTS) is 1. The van der Waals surface area contributed by atoms with Crippen molar-refractivity contribution in [1.82, 2.24) is 0 Å². The minimum atomic E-state index is -1.41. The molecule has 6 heteroatoms. The van der Waals surface area contributed by atoms with Gasteiger partial charge in [-0.2, -0.15) is 0 Å². The zero-order valence-electron chi connectivity index (χ0n) is 18.1. The van der Waals surface area contributed by atoms with Crippen LogP contribution in [0.4, 0.5) is 0 Å². The van der Waals surface area contributed by atoms with Gasteiger partial charge in [0.25, 0.3) is 0 Å². The molecule has 0 heterocycles. The average Bonchev–Trinajstić information content (AvgIpc) is 3.35. The summed E-state index contributed by atoms with van der Waals surface area (Å²) in [7, 11) is 0. The molecule has 6 nitrogen and oxygen atoms in total. The topological polar surface area (TPSA) is 101 Å². The number of benzene rings is 1. The predicted molar refractivity (Wildman–Crippen MR) is 113 cm³/mol. The maximum atomic E-state index is 13.5. The molecule has 5 saturated carbocycles. The third-order valence-corrected chi connectivity index (χ3v) is 9.86. The van der Waals surface area contributed by atoms with Gasteiger partial charge in [-0.1, -0.05) is 42.0 Å². The fraction of sp³-hybridized carbons (Fsp3) is 0.577. The van der Waals surface area contributed by atoms with Crippen LogP contribution in [0, 0.1) is 39.9 Å². The van der Waals surface area contributed by atoms with E-state index in [9.17, 15) is 24.6 Å². The Hall–Kier alpha value is -2.47. The van der Waals surface area contributed by atoms with Crippen LogP contribution in [0.2, 0.25) is 0 Å². The van der Waals surface area contributed by atoms with Gasteiger partial charge >= 0.3 is 11.9 Å². The van der Waals surface area contributed by atoms with Gasteiger partial charge < -0.3 is 14.9 Å². The Bertz CT molecular complexity index is 1060. The second-order valence-corrected chi connectivity index (χ2v) is 10.7. The van der Waals surface area contributed by atoms with E-state index in [1.54, 1.807) is 6.92 Å². The number of rotatable bonds is 4. The monoisotopic (exact) mass is 436 g/mol. The lowest BCUT2D eigenvalue weighted by Crippen LogP contribution is -2.54. The normalized spacial score (nSPS) is 45.4. The number of hydrogen-bond donors (Lipinski definition) is 2. The van der Waals surface area contributed by atoms with Gasteiger partial charge in [0.15, 0.2) is 0 Å². The van der Waals surface area contributed by atoms with Crippen molar-refractivity contribution in [2.45, 2.75) is 51.7 Å². The Morgan fingerprint density at radius 3 is 2.66 bits per heavy atom. The summed E-state index contributed by atoms with van der Waals surface area (Å²) in [6.07, 6.45) is 4.43. The standard InChI is InChI=1S/C26H28O6/c1-24(23(30)31)17(22(29)32-13-14-5-3-2-4-6-14)8-7-16-18(24)11-19(27)26-12-15-9-10-25(16,26)21(26)20(15)28/h2-7,15,17-18,20-21,28H,8-13H2,1H3,(H,30,31)/t15-,17+,18+,20+,21?,24-,25+,26-/m1/s1. The Morgan fingerprint density at radius 1 is 1.19 bits per heavy atom. The third kappa shape index (κ3) is 2.12. The summed E-state index contributed by atoms with van der Waals surface area (Å²) in [5.41, 5.74) is -0.427.